The lowest BCUT2D eigenvalue weighted by Crippen LogP contribution is -2.65. The lowest BCUT2D eigenvalue weighted by atomic mass is 9.68. The van der Waals surface area contributed by atoms with Gasteiger partial charge >= 0.3 is 13.6 Å². The Kier molecular flexibility index (Phi) is 23.6. The third kappa shape index (κ3) is 15.9. The van der Waals surface area contributed by atoms with Gasteiger partial charge in [0.2, 0.25) is 5.79 Å². The van der Waals surface area contributed by atoms with Gasteiger partial charge in [-0.1, -0.05) is 64.2 Å². The minimum atomic E-state index is -3.54. The van der Waals surface area contributed by atoms with Crippen molar-refractivity contribution in [1.29, 1.82) is 0 Å². The summed E-state index contributed by atoms with van der Waals surface area (Å²) in [5, 5.41) is 32.6. The van der Waals surface area contributed by atoms with Gasteiger partial charge in [0, 0.05) is 71.1 Å². The highest BCUT2D eigenvalue weighted by Gasteiger charge is 2.57. The van der Waals surface area contributed by atoms with Gasteiger partial charge in [0.1, 0.15) is 30.1 Å². The number of hydrogen-bond donors (Lipinski definition) is 3. The van der Waals surface area contributed by atoms with Crippen LogP contribution in [0.1, 0.15) is 112 Å². The van der Waals surface area contributed by atoms with Crippen LogP contribution in [0, 0.1) is 41.4 Å². The largest absolute Gasteiger partial charge is 0.460 e. The van der Waals surface area contributed by atoms with E-state index in [1.807, 2.05) is 44.2 Å². The molecule has 1 amide bonds. The first-order valence-corrected chi connectivity index (χ1v) is 28.7. The number of Topliss-reactive ketones (excluding diaryl/α,β-unsaturated/α-hetero) is 3. The monoisotopic (exact) mass is 1060 g/mol. The lowest BCUT2D eigenvalue weighted by molar-refractivity contribution is -0.266. The van der Waals surface area contributed by atoms with E-state index in [0.717, 1.165) is 5.57 Å². The third-order valence-electron chi connectivity index (χ3n) is 16.0. The molecule has 0 aromatic heterocycles. The Hall–Kier alpha value is -3.26. The zero-order valence-electron chi connectivity index (χ0n) is 45.4. The Morgan fingerprint density at radius 2 is 1.59 bits per heavy atom. The number of methoxy groups -OCH3 is 3. The van der Waals surface area contributed by atoms with E-state index in [9.17, 15) is 38.8 Å². The molecule has 0 radical (unpaired) electrons. The maximum Gasteiger partial charge on any atom is 0.329 e. The number of nitrogens with zero attached hydrogens (tertiary/aromatic N) is 1. The summed E-state index contributed by atoms with van der Waals surface area (Å²) < 4.78 is 60.1. The van der Waals surface area contributed by atoms with Crippen LogP contribution in [-0.4, -0.2) is 165 Å². The van der Waals surface area contributed by atoms with Crippen LogP contribution in [0.2, 0.25) is 0 Å². The number of amides is 1. The minimum absolute atomic E-state index is 0.000759. The quantitative estimate of drug-likeness (QED) is 0.0605. The highest BCUT2D eigenvalue weighted by Crippen LogP contribution is 2.50. The molecule has 4 heterocycles. The van der Waals surface area contributed by atoms with Crippen molar-refractivity contribution < 1.29 is 81.3 Å². The number of aliphatic hydroxyl groups is 3. The van der Waals surface area contributed by atoms with Gasteiger partial charge in [0.05, 0.1) is 50.8 Å². The molecule has 1 aliphatic carbocycles. The molecule has 0 aromatic rings. The number of rotatable bonds is 13. The lowest BCUT2D eigenvalue weighted by Gasteiger charge is -2.50. The summed E-state index contributed by atoms with van der Waals surface area (Å²) in [6, 6.07) is -1.19. The first-order chi connectivity index (χ1) is 35.1. The van der Waals surface area contributed by atoms with Crippen molar-refractivity contribution in [2.45, 2.75) is 167 Å². The summed E-state index contributed by atoms with van der Waals surface area (Å²) >= 11 is 0. The van der Waals surface area contributed by atoms with Crippen LogP contribution in [-0.2, 0) is 66.0 Å². The van der Waals surface area contributed by atoms with Crippen molar-refractivity contribution >= 4 is 36.8 Å². The van der Waals surface area contributed by atoms with E-state index in [0.29, 0.717) is 69.8 Å². The average molecular weight is 1060 g/mol. The number of aliphatic hydroxyl groups excluding tert-OH is 2. The molecule has 74 heavy (non-hydrogen) atoms. The second-order valence-corrected chi connectivity index (χ2v) is 23.5. The molecular formula is C55H86NO17P. The fraction of sp³-hybridized carbons (Fsp3) is 0.764. The van der Waals surface area contributed by atoms with Crippen LogP contribution in [0.4, 0.5) is 0 Å². The zero-order chi connectivity index (χ0) is 54.5. The number of carbonyl (C=O) groups is 5. The van der Waals surface area contributed by atoms with Gasteiger partial charge in [-0.2, -0.15) is 0 Å². The second kappa shape index (κ2) is 28.4. The molecule has 4 fully saturated rings. The van der Waals surface area contributed by atoms with E-state index >= 15 is 0 Å². The topological polar surface area (TPSA) is 240 Å². The smallest absolute Gasteiger partial charge is 0.329 e. The van der Waals surface area contributed by atoms with Gasteiger partial charge in [0.15, 0.2) is 5.78 Å². The third-order valence-corrected chi connectivity index (χ3v) is 17.3. The summed E-state index contributed by atoms with van der Waals surface area (Å²) in [5.41, 5.74) is 1.23. The number of hydrogen-bond acceptors (Lipinski definition) is 17. The fourth-order valence-corrected chi connectivity index (χ4v) is 12.9. The van der Waals surface area contributed by atoms with Gasteiger partial charge in [-0.15, -0.1) is 0 Å². The van der Waals surface area contributed by atoms with Crippen molar-refractivity contribution in [1.82, 2.24) is 4.90 Å². The summed E-state index contributed by atoms with van der Waals surface area (Å²) in [5.74, 6) is -9.05. The number of allylic oxidation sites excluding steroid dienone is 6. The molecule has 0 aromatic carbocycles. The number of carbonyl (C=O) groups excluding carboxylic acids is 5. The maximum atomic E-state index is 14.6. The molecule has 0 spiro atoms. The Morgan fingerprint density at radius 3 is 2.28 bits per heavy atom. The van der Waals surface area contributed by atoms with Gasteiger partial charge in [-0.05, 0) is 101 Å². The molecule has 18 nitrogen and oxygen atoms in total. The van der Waals surface area contributed by atoms with Gasteiger partial charge < -0.3 is 57.7 Å². The number of esters is 1. The summed E-state index contributed by atoms with van der Waals surface area (Å²) in [4.78, 5) is 72.9. The van der Waals surface area contributed by atoms with Crippen molar-refractivity contribution in [2.24, 2.45) is 41.4 Å². The fourth-order valence-electron chi connectivity index (χ4n) is 11.7. The van der Waals surface area contributed by atoms with Crippen LogP contribution < -0.4 is 0 Å². The molecule has 3 N–H and O–H groups in total. The molecule has 418 valence electrons. The Labute approximate surface area is 438 Å². The molecule has 17 atom stereocenters. The highest BCUT2D eigenvalue weighted by molar-refractivity contribution is 7.53. The van der Waals surface area contributed by atoms with Crippen LogP contribution in [0.3, 0.4) is 0 Å². The van der Waals surface area contributed by atoms with Crippen molar-refractivity contribution in [3.8, 4) is 0 Å². The van der Waals surface area contributed by atoms with E-state index in [4.69, 9.17) is 42.6 Å². The molecule has 5 aliphatic rings. The van der Waals surface area contributed by atoms with Crippen molar-refractivity contribution in [3.63, 3.8) is 0 Å². The van der Waals surface area contributed by atoms with Crippen LogP contribution in [0.15, 0.2) is 47.6 Å². The standard InChI is InChI=1S/C55H86NO17P/c1-33-15-12-11-13-16-34(2)45(66-7)31-40-20-18-38(6)55(64,72-40)52(61)53(62)56-22-14-17-41-42(29-39-19-21-44(47(30-39)67-8)73-74(10,65)70-26-25-69-24-23-57)46(71-54(63)48(41)56)32-43(58)35(3)28-37(5)50(60)51(68-9)49(59)36(4)27-33/h11-13,15-16,28,33,35-36,38-42,44-48,50-51,57,60,64H,14,17-27,29-32H2,1-10H3/b13-11+,15-12+,34-16+,37-28+/t33-,35?,36-,38-,39+,40+,41-,42?,44-,45+,46+,47-,48?,50-,51+,55-,74?/m1/s1. The number of fused-ring (bicyclic) bond motifs is 4. The molecule has 1 saturated carbocycles. The molecule has 19 heteroatoms. The molecular weight excluding hydrogens is 978 g/mol. The predicted octanol–water partition coefficient (Wildman–Crippen LogP) is 6.27. The molecule has 5 rings (SSSR count). The van der Waals surface area contributed by atoms with E-state index in [1.54, 1.807) is 48.0 Å². The summed E-state index contributed by atoms with van der Waals surface area (Å²) in [6.07, 6.45) is 9.89. The highest BCUT2D eigenvalue weighted by atomic mass is 31.2. The molecule has 4 unspecified atom stereocenters. The number of ketones is 3. The molecule has 4 aliphatic heterocycles. The van der Waals surface area contributed by atoms with E-state index in [2.05, 4.69) is 0 Å². The molecule has 3 saturated heterocycles. The van der Waals surface area contributed by atoms with E-state index < -0.39 is 109 Å². The Bertz CT molecular complexity index is 2090. The predicted molar refractivity (Wildman–Crippen MR) is 275 cm³/mol. The Balaban J connectivity index is 1.48. The van der Waals surface area contributed by atoms with Crippen LogP contribution in [0.5, 0.6) is 0 Å². The average Bonchev–Trinajstić information content (AvgIpc) is 3.36. The number of piperidine rings is 1. The van der Waals surface area contributed by atoms with Crippen molar-refractivity contribution in [3.05, 3.63) is 47.6 Å². The second-order valence-electron chi connectivity index (χ2n) is 21.5. The van der Waals surface area contributed by atoms with Crippen LogP contribution in [0.25, 0.3) is 0 Å². The van der Waals surface area contributed by atoms with Crippen molar-refractivity contribution in [2.75, 3.05) is 61.0 Å². The minimum Gasteiger partial charge on any atom is -0.460 e. The summed E-state index contributed by atoms with van der Waals surface area (Å²) in [6.45, 7) is 12.2. The Morgan fingerprint density at radius 1 is 0.851 bits per heavy atom. The number of ether oxygens (including phenoxy) is 6. The first kappa shape index (κ1) is 61.6. The molecule has 4 bridgehead atoms. The van der Waals surface area contributed by atoms with Gasteiger partial charge in [-0.25, -0.2) is 4.79 Å². The van der Waals surface area contributed by atoms with Crippen LogP contribution >= 0.6 is 7.60 Å². The maximum absolute atomic E-state index is 14.6. The SMILES string of the molecule is CO[C@H]1C[C@@H]2CC[C@@H](C)[C@@](O)(O2)C(=O)C(=O)N2CCC[C@@H]3C(C[C@@H]4CC[C@@H](OP(C)(=O)OCCOCCO)[C@H](OC)C4)[C@H](CC(=O)C(C)/C=C(\C)[C@@H](O)[C@@H](OC)C(=O)[C@H](C)C[C@H](C)/C=C/C=C/C=C/1C)OC(=O)C32. The normalized spacial score (nSPS) is 39.8. The van der Waals surface area contributed by atoms with E-state index in [1.165, 1.54) is 18.7 Å². The zero-order valence-corrected chi connectivity index (χ0v) is 46.3. The first-order valence-electron chi connectivity index (χ1n) is 26.7. The van der Waals surface area contributed by atoms with Gasteiger partial charge in [-0.3, -0.25) is 23.7 Å². The van der Waals surface area contributed by atoms with Gasteiger partial charge in [0.25, 0.3) is 11.7 Å². The van der Waals surface area contributed by atoms with E-state index in [-0.39, 0.29) is 62.8 Å². The summed E-state index contributed by atoms with van der Waals surface area (Å²) in [7, 11) is 0.945.